The molecule has 0 radical (unpaired) electrons. The first-order chi connectivity index (χ1) is 16.6. The second kappa shape index (κ2) is 10.8. The van der Waals surface area contributed by atoms with Crippen LogP contribution in [0.25, 0.3) is 0 Å². The highest BCUT2D eigenvalue weighted by Crippen LogP contribution is 2.36. The van der Waals surface area contributed by atoms with Crippen LogP contribution in [0.5, 0.6) is 17.2 Å². The van der Waals surface area contributed by atoms with Crippen molar-refractivity contribution in [1.29, 1.82) is 0 Å². The third kappa shape index (κ3) is 6.32. The first-order valence-corrected chi connectivity index (χ1v) is 11.6. The topological polar surface area (TPSA) is 80.7 Å². The van der Waals surface area contributed by atoms with Gasteiger partial charge in [-0.1, -0.05) is 32.9 Å². The minimum Gasteiger partial charge on any atom is -0.497 e. The molecule has 2 amide bonds. The number of benzene rings is 2. The highest BCUT2D eigenvalue weighted by Gasteiger charge is 2.35. The van der Waals surface area contributed by atoms with Crippen molar-refractivity contribution < 1.29 is 23.8 Å². The summed E-state index contributed by atoms with van der Waals surface area (Å²) in [5.41, 5.74) is 2.28. The Kier molecular flexibility index (Phi) is 8.04. The zero-order valence-corrected chi connectivity index (χ0v) is 21.6. The summed E-state index contributed by atoms with van der Waals surface area (Å²) in [7, 11) is 6.45. The smallest absolute Gasteiger partial charge is 0.262 e. The van der Waals surface area contributed by atoms with Gasteiger partial charge in [0, 0.05) is 31.5 Å². The lowest BCUT2D eigenvalue weighted by molar-refractivity contribution is -0.141. The maximum atomic E-state index is 13.4. The molecular weight excluding hydrogens is 446 g/mol. The van der Waals surface area contributed by atoms with E-state index in [-0.39, 0.29) is 29.8 Å². The Labute approximate surface area is 207 Å². The van der Waals surface area contributed by atoms with Crippen LogP contribution in [0.4, 0.5) is 0 Å². The van der Waals surface area contributed by atoms with E-state index < -0.39 is 0 Å². The normalized spacial score (nSPS) is 15.5. The van der Waals surface area contributed by atoms with E-state index in [1.807, 2.05) is 57.2 Å². The quantitative estimate of drug-likeness (QED) is 0.562. The average Bonchev–Trinajstić information content (AvgIpc) is 3.28. The van der Waals surface area contributed by atoms with E-state index in [1.165, 1.54) is 9.91 Å². The van der Waals surface area contributed by atoms with E-state index >= 15 is 0 Å². The molecule has 0 fully saturated rings. The van der Waals surface area contributed by atoms with E-state index in [0.29, 0.717) is 24.3 Å². The fourth-order valence-electron chi connectivity index (χ4n) is 3.98. The van der Waals surface area contributed by atoms with E-state index in [0.717, 1.165) is 22.6 Å². The Bertz CT molecular complexity index is 1090. The van der Waals surface area contributed by atoms with Gasteiger partial charge in [-0.2, -0.15) is 5.10 Å². The van der Waals surface area contributed by atoms with Crippen molar-refractivity contribution in [3.63, 3.8) is 0 Å². The van der Waals surface area contributed by atoms with Gasteiger partial charge in [0.15, 0.2) is 0 Å². The van der Waals surface area contributed by atoms with E-state index in [2.05, 4.69) is 0 Å². The number of nitrogens with zero attached hydrogens (tertiary/aromatic N) is 3. The molecule has 8 nitrogen and oxygen atoms in total. The standard InChI is InChI=1S/C27H35N3O5/c1-27(2,3)16-25(31)29(4)17-26(32)30-23(18-8-10-19(33-5)11-9-18)15-22(28-30)21-13-12-20(34-6)14-24(21)35-7/h8-14,23H,15-17H2,1-7H3/t23-/m0/s1. The maximum absolute atomic E-state index is 13.4. The minimum absolute atomic E-state index is 0.0574. The molecule has 8 heteroatoms. The van der Waals surface area contributed by atoms with Crippen LogP contribution in [0.3, 0.4) is 0 Å². The van der Waals surface area contributed by atoms with Crippen molar-refractivity contribution in [2.24, 2.45) is 10.5 Å². The predicted octanol–water partition coefficient (Wildman–Crippen LogP) is 4.28. The largest absolute Gasteiger partial charge is 0.497 e. The van der Waals surface area contributed by atoms with Crippen LogP contribution < -0.4 is 14.2 Å². The van der Waals surface area contributed by atoms with Crippen molar-refractivity contribution in [1.82, 2.24) is 9.91 Å². The molecule has 2 aromatic rings. The highest BCUT2D eigenvalue weighted by molar-refractivity contribution is 6.05. The zero-order chi connectivity index (χ0) is 25.8. The molecule has 1 atom stereocenters. The van der Waals surface area contributed by atoms with Gasteiger partial charge in [-0.15, -0.1) is 0 Å². The van der Waals surface area contributed by atoms with E-state index in [4.69, 9.17) is 19.3 Å². The number of likely N-dealkylation sites (N-methyl/N-ethyl adjacent to an activating group) is 1. The van der Waals surface area contributed by atoms with Crippen LogP contribution >= 0.6 is 0 Å². The number of ether oxygens (including phenoxy) is 3. The molecule has 0 unspecified atom stereocenters. The molecule has 1 aliphatic rings. The summed E-state index contributed by atoms with van der Waals surface area (Å²) in [4.78, 5) is 27.5. The van der Waals surface area contributed by atoms with Gasteiger partial charge in [-0.25, -0.2) is 5.01 Å². The summed E-state index contributed by atoms with van der Waals surface area (Å²) in [5, 5.41) is 6.21. The second-order valence-electron chi connectivity index (χ2n) is 9.83. The summed E-state index contributed by atoms with van der Waals surface area (Å²) >= 11 is 0. The average molecular weight is 482 g/mol. The highest BCUT2D eigenvalue weighted by atomic mass is 16.5. The van der Waals surface area contributed by atoms with Gasteiger partial charge in [-0.3, -0.25) is 9.59 Å². The van der Waals surface area contributed by atoms with Crippen LogP contribution in [0.1, 0.15) is 50.8 Å². The van der Waals surface area contributed by atoms with Gasteiger partial charge in [0.2, 0.25) is 5.91 Å². The molecule has 0 aromatic heterocycles. The molecule has 1 heterocycles. The number of carbonyl (C=O) groups excluding carboxylic acids is 2. The number of hydrogen-bond acceptors (Lipinski definition) is 6. The van der Waals surface area contributed by atoms with Gasteiger partial charge in [-0.05, 0) is 35.2 Å². The molecule has 0 spiro atoms. The Morgan fingerprint density at radius 1 is 1.00 bits per heavy atom. The number of hydrazone groups is 1. The van der Waals surface area contributed by atoms with Gasteiger partial charge < -0.3 is 19.1 Å². The third-order valence-corrected chi connectivity index (χ3v) is 5.87. The fraction of sp³-hybridized carbons (Fsp3) is 0.444. The Morgan fingerprint density at radius 3 is 2.20 bits per heavy atom. The number of amides is 2. The van der Waals surface area contributed by atoms with Crippen LogP contribution in [-0.4, -0.2) is 62.4 Å². The SMILES string of the molecule is COc1ccc([C@@H]2CC(c3ccc(OC)cc3OC)=NN2C(=O)CN(C)C(=O)CC(C)(C)C)cc1. The number of hydrogen-bond donors (Lipinski definition) is 0. The van der Waals surface area contributed by atoms with Gasteiger partial charge in [0.05, 0.1) is 33.1 Å². The summed E-state index contributed by atoms with van der Waals surface area (Å²) in [6, 6.07) is 12.8. The van der Waals surface area contributed by atoms with Crippen molar-refractivity contribution in [2.45, 2.75) is 39.7 Å². The molecule has 0 saturated heterocycles. The van der Waals surface area contributed by atoms with Gasteiger partial charge in [0.25, 0.3) is 5.91 Å². The molecule has 188 valence electrons. The lowest BCUT2D eigenvalue weighted by Gasteiger charge is -2.26. The third-order valence-electron chi connectivity index (χ3n) is 5.87. The lowest BCUT2D eigenvalue weighted by atomic mass is 9.92. The molecule has 35 heavy (non-hydrogen) atoms. The molecule has 3 rings (SSSR count). The Balaban J connectivity index is 1.92. The number of methoxy groups -OCH3 is 3. The van der Waals surface area contributed by atoms with Crippen LogP contribution in [0.2, 0.25) is 0 Å². The predicted molar refractivity (Wildman–Crippen MR) is 135 cm³/mol. The maximum Gasteiger partial charge on any atom is 0.262 e. The van der Waals surface area contributed by atoms with Crippen LogP contribution in [0.15, 0.2) is 47.6 Å². The molecular formula is C27H35N3O5. The number of carbonyl (C=O) groups is 2. The first kappa shape index (κ1) is 26.1. The molecule has 0 saturated carbocycles. The van der Waals surface area contributed by atoms with E-state index in [1.54, 1.807) is 34.4 Å². The van der Waals surface area contributed by atoms with Crippen molar-refractivity contribution in [3.8, 4) is 17.2 Å². The summed E-state index contributed by atoms with van der Waals surface area (Å²) < 4.78 is 16.2. The fourth-order valence-corrected chi connectivity index (χ4v) is 3.98. The Morgan fingerprint density at radius 2 is 1.63 bits per heavy atom. The molecule has 0 N–H and O–H groups in total. The summed E-state index contributed by atoms with van der Waals surface area (Å²) in [5.74, 6) is 1.69. The zero-order valence-electron chi connectivity index (χ0n) is 21.6. The monoisotopic (exact) mass is 481 g/mol. The Hall–Kier alpha value is -3.55. The summed E-state index contributed by atoms with van der Waals surface area (Å²) in [6.45, 7) is 5.94. The molecule has 2 aromatic carbocycles. The van der Waals surface area contributed by atoms with Crippen LogP contribution in [-0.2, 0) is 9.59 Å². The van der Waals surface area contributed by atoms with Crippen LogP contribution in [0, 0.1) is 5.41 Å². The molecule has 1 aliphatic heterocycles. The van der Waals surface area contributed by atoms with Gasteiger partial charge in [0.1, 0.15) is 23.8 Å². The van der Waals surface area contributed by atoms with Gasteiger partial charge >= 0.3 is 0 Å². The van der Waals surface area contributed by atoms with Crippen molar-refractivity contribution in [3.05, 3.63) is 53.6 Å². The second-order valence-corrected chi connectivity index (χ2v) is 9.83. The summed E-state index contributed by atoms with van der Waals surface area (Å²) in [6.07, 6.45) is 0.858. The number of rotatable bonds is 8. The van der Waals surface area contributed by atoms with Crippen molar-refractivity contribution >= 4 is 17.5 Å². The first-order valence-electron chi connectivity index (χ1n) is 11.6. The van der Waals surface area contributed by atoms with Crippen molar-refractivity contribution in [2.75, 3.05) is 34.9 Å². The minimum atomic E-state index is -0.318. The lowest BCUT2D eigenvalue weighted by Crippen LogP contribution is -2.40. The van der Waals surface area contributed by atoms with E-state index in [9.17, 15) is 9.59 Å². The molecule has 0 aliphatic carbocycles. The molecule has 0 bridgehead atoms.